The van der Waals surface area contributed by atoms with Crippen molar-refractivity contribution in [2.45, 2.75) is 70.0 Å². The van der Waals surface area contributed by atoms with Crippen LogP contribution in [0.5, 0.6) is 0 Å². The maximum absolute atomic E-state index is 13.2. The number of aliphatic hydroxyl groups excluding tert-OH is 2. The molecule has 0 amide bonds. The number of hydrogen-bond donors (Lipinski definition) is 2. The molecule has 1 aromatic heterocycles. The van der Waals surface area contributed by atoms with Crippen LogP contribution in [0.25, 0.3) is 10.2 Å². The van der Waals surface area contributed by atoms with Crippen LogP contribution in [-0.2, 0) is 22.6 Å². The molecule has 1 atom stereocenters. The lowest BCUT2D eigenvalue weighted by molar-refractivity contribution is -0.164. The Balaban J connectivity index is 1.62. The Morgan fingerprint density at radius 3 is 2.56 bits per heavy atom. The van der Waals surface area contributed by atoms with Gasteiger partial charge in [-0.25, -0.2) is 9.78 Å². The molecule has 5 nitrogen and oxygen atoms in total. The van der Waals surface area contributed by atoms with E-state index in [1.165, 1.54) is 11.8 Å². The number of nitrogens with zero attached hydrogens (tertiary/aromatic N) is 1. The van der Waals surface area contributed by atoms with Crippen LogP contribution in [0.15, 0.2) is 57.5 Å². The topological polar surface area (TPSA) is 79.7 Å². The Morgan fingerprint density at radius 2 is 1.91 bits per heavy atom. The number of hydrogen-bond acceptors (Lipinski definition) is 7. The molecule has 0 aliphatic carbocycles. The number of esters is 1. The molecule has 34 heavy (non-hydrogen) atoms. The average molecular weight is 498 g/mol. The molecule has 2 N–H and O–H groups in total. The lowest BCUT2D eigenvalue weighted by atomic mass is 9.79. The highest BCUT2D eigenvalue weighted by Gasteiger charge is 2.44. The molecule has 3 aromatic rings. The second-order valence-electron chi connectivity index (χ2n) is 9.46. The quantitative estimate of drug-likeness (QED) is 0.335. The summed E-state index contributed by atoms with van der Waals surface area (Å²) in [5.74, 6) is -0.120. The molecule has 0 fully saturated rings. The Labute approximate surface area is 208 Å². The summed E-state index contributed by atoms with van der Waals surface area (Å²) in [7, 11) is 0. The number of carbonyl (C=O) groups is 1. The summed E-state index contributed by atoms with van der Waals surface area (Å²) in [6.07, 6.45) is 1.50. The van der Waals surface area contributed by atoms with Crippen LogP contribution in [0.3, 0.4) is 0 Å². The number of aryl methyl sites for hydroxylation is 1. The van der Waals surface area contributed by atoms with E-state index in [-0.39, 0.29) is 35.5 Å². The van der Waals surface area contributed by atoms with Crippen molar-refractivity contribution < 1.29 is 19.7 Å². The number of carbonyl (C=O) groups excluding carboxylic acids is 1. The number of thioether (sulfide) groups is 1. The van der Waals surface area contributed by atoms with Crippen molar-refractivity contribution in [1.82, 2.24) is 4.98 Å². The molecular formula is C27H31NO4S2. The van der Waals surface area contributed by atoms with E-state index < -0.39 is 11.6 Å². The fourth-order valence-electron chi connectivity index (χ4n) is 4.45. The standard InChI is InChI=1S/C27H31NO4S2/c1-16(2)20-11-21-24(33-15-28-21)12-23(20)34-25-22(30)13-27(17(3)4,32-26(25)31)10-9-18-7-5-6-8-19(18)14-29/h5-8,11-12,15-17,29-30H,9-10,13-14H2,1-4H3. The minimum absolute atomic E-state index is 0.0196. The minimum atomic E-state index is -0.795. The third-order valence-electron chi connectivity index (χ3n) is 6.67. The van der Waals surface area contributed by atoms with Gasteiger partial charge in [0, 0.05) is 11.3 Å². The van der Waals surface area contributed by atoms with Crippen LogP contribution in [0.2, 0.25) is 0 Å². The van der Waals surface area contributed by atoms with E-state index >= 15 is 0 Å². The molecular weight excluding hydrogens is 466 g/mol. The Morgan fingerprint density at radius 1 is 1.18 bits per heavy atom. The van der Waals surface area contributed by atoms with Crippen molar-refractivity contribution in [2.75, 3.05) is 0 Å². The van der Waals surface area contributed by atoms with Gasteiger partial charge in [0.2, 0.25) is 0 Å². The Kier molecular flexibility index (Phi) is 7.36. The van der Waals surface area contributed by atoms with Gasteiger partial charge in [-0.15, -0.1) is 11.3 Å². The molecule has 2 heterocycles. The van der Waals surface area contributed by atoms with Crippen molar-refractivity contribution in [1.29, 1.82) is 0 Å². The summed E-state index contributed by atoms with van der Waals surface area (Å²) in [6.45, 7) is 8.23. The molecule has 1 unspecified atom stereocenters. The van der Waals surface area contributed by atoms with E-state index in [0.717, 1.165) is 31.8 Å². The highest BCUT2D eigenvalue weighted by Crippen LogP contribution is 2.45. The zero-order valence-corrected chi connectivity index (χ0v) is 21.6. The lowest BCUT2D eigenvalue weighted by Gasteiger charge is -2.40. The van der Waals surface area contributed by atoms with Gasteiger partial charge >= 0.3 is 5.97 Å². The fourth-order valence-corrected chi connectivity index (χ4v) is 6.35. The van der Waals surface area contributed by atoms with Crippen LogP contribution < -0.4 is 0 Å². The van der Waals surface area contributed by atoms with Crippen molar-refractivity contribution in [3.63, 3.8) is 0 Å². The second kappa shape index (κ2) is 10.1. The lowest BCUT2D eigenvalue weighted by Crippen LogP contribution is -2.44. The normalized spacial score (nSPS) is 18.9. The summed E-state index contributed by atoms with van der Waals surface area (Å²) in [5.41, 5.74) is 4.97. The van der Waals surface area contributed by atoms with Crippen molar-refractivity contribution in [3.05, 3.63) is 69.3 Å². The summed E-state index contributed by atoms with van der Waals surface area (Å²) >= 11 is 2.85. The largest absolute Gasteiger partial charge is 0.511 e. The smallest absolute Gasteiger partial charge is 0.349 e. The molecule has 1 aliphatic heterocycles. The van der Waals surface area contributed by atoms with Crippen LogP contribution >= 0.6 is 23.1 Å². The third kappa shape index (κ3) is 4.88. The number of thiazole rings is 1. The van der Waals surface area contributed by atoms with Gasteiger partial charge in [-0.1, -0.05) is 63.7 Å². The zero-order valence-electron chi connectivity index (χ0n) is 20.0. The molecule has 0 bridgehead atoms. The first-order valence-corrected chi connectivity index (χ1v) is 13.3. The maximum atomic E-state index is 13.2. The summed E-state index contributed by atoms with van der Waals surface area (Å²) in [5, 5.41) is 20.8. The van der Waals surface area contributed by atoms with Gasteiger partial charge in [0.1, 0.15) is 16.3 Å². The summed E-state index contributed by atoms with van der Waals surface area (Å²) < 4.78 is 7.16. The predicted molar refractivity (Wildman–Crippen MR) is 138 cm³/mol. The number of rotatable bonds is 8. The number of aliphatic hydroxyl groups is 2. The third-order valence-corrected chi connectivity index (χ3v) is 8.64. The fraction of sp³-hybridized carbons (Fsp3) is 0.407. The second-order valence-corrected chi connectivity index (χ2v) is 11.4. The van der Waals surface area contributed by atoms with Gasteiger partial charge < -0.3 is 14.9 Å². The number of ether oxygens (including phenoxy) is 1. The molecule has 0 saturated carbocycles. The van der Waals surface area contributed by atoms with Gasteiger partial charge in [0.15, 0.2) is 0 Å². The highest BCUT2D eigenvalue weighted by atomic mass is 32.2. The molecule has 2 aromatic carbocycles. The van der Waals surface area contributed by atoms with E-state index in [1.807, 2.05) is 43.6 Å². The average Bonchev–Trinajstić information content (AvgIpc) is 3.27. The zero-order chi connectivity index (χ0) is 24.5. The summed E-state index contributed by atoms with van der Waals surface area (Å²) in [4.78, 5) is 18.9. The first-order valence-electron chi connectivity index (χ1n) is 11.6. The Bertz CT molecular complexity index is 1230. The van der Waals surface area contributed by atoms with Gasteiger partial charge in [-0.2, -0.15) is 0 Å². The Hall–Kier alpha value is -2.35. The van der Waals surface area contributed by atoms with E-state index in [4.69, 9.17) is 4.74 Å². The molecule has 7 heteroatoms. The van der Waals surface area contributed by atoms with Gasteiger partial charge in [-0.05, 0) is 53.5 Å². The number of fused-ring (bicyclic) bond motifs is 1. The minimum Gasteiger partial charge on any atom is -0.511 e. The van der Waals surface area contributed by atoms with Gasteiger partial charge in [-0.3, -0.25) is 0 Å². The van der Waals surface area contributed by atoms with Gasteiger partial charge in [0.25, 0.3) is 0 Å². The highest BCUT2D eigenvalue weighted by molar-refractivity contribution is 8.04. The molecule has 0 saturated heterocycles. The van der Waals surface area contributed by atoms with Crippen molar-refractivity contribution in [3.8, 4) is 0 Å². The van der Waals surface area contributed by atoms with E-state index in [1.54, 1.807) is 11.3 Å². The van der Waals surface area contributed by atoms with E-state index in [2.05, 4.69) is 31.0 Å². The molecule has 0 spiro atoms. The van der Waals surface area contributed by atoms with Crippen LogP contribution in [0.1, 0.15) is 63.1 Å². The monoisotopic (exact) mass is 497 g/mol. The van der Waals surface area contributed by atoms with Crippen LogP contribution in [0.4, 0.5) is 0 Å². The predicted octanol–water partition coefficient (Wildman–Crippen LogP) is 6.75. The van der Waals surface area contributed by atoms with Crippen LogP contribution in [0, 0.1) is 5.92 Å². The number of cyclic esters (lactones) is 1. The van der Waals surface area contributed by atoms with Gasteiger partial charge in [0.05, 0.1) is 22.3 Å². The summed E-state index contributed by atoms with van der Waals surface area (Å²) in [6, 6.07) is 11.9. The van der Waals surface area contributed by atoms with E-state index in [9.17, 15) is 15.0 Å². The van der Waals surface area contributed by atoms with Crippen molar-refractivity contribution in [2.24, 2.45) is 5.92 Å². The number of benzene rings is 2. The molecule has 4 rings (SSSR count). The van der Waals surface area contributed by atoms with Crippen molar-refractivity contribution >= 4 is 39.3 Å². The first-order chi connectivity index (χ1) is 16.2. The van der Waals surface area contributed by atoms with E-state index in [0.29, 0.717) is 12.8 Å². The van der Waals surface area contributed by atoms with Crippen LogP contribution in [-0.4, -0.2) is 26.8 Å². The maximum Gasteiger partial charge on any atom is 0.349 e. The first kappa shape index (κ1) is 24.8. The molecule has 0 radical (unpaired) electrons. The SMILES string of the molecule is CC(C)c1cc2ncsc2cc1SC1=C(O)CC(CCc2ccccc2CO)(C(C)C)OC1=O. The molecule has 1 aliphatic rings. The number of aromatic nitrogens is 1. The molecule has 180 valence electrons.